The number of benzene rings is 1. The minimum absolute atomic E-state index is 0.641. The fraction of sp³-hybridized carbons (Fsp3) is 0.125. The van der Waals surface area contributed by atoms with Crippen LogP contribution in [0.4, 0.5) is 5.69 Å². The number of nitro groups is 1. The maximum absolute atomic E-state index is 11.7. The summed E-state index contributed by atoms with van der Waals surface area (Å²) in [6, 6.07) is 4.57. The first-order chi connectivity index (χ1) is 8.25. The van der Waals surface area contributed by atoms with Crippen LogP contribution in [0.2, 0.25) is 0 Å². The number of nitrogens with one attached hydrogen (secondary N) is 1. The van der Waals surface area contributed by atoms with Crippen LogP contribution >= 0.6 is 23.2 Å². The molecule has 0 aliphatic rings. The molecule has 1 aromatic rings. The highest BCUT2D eigenvalue weighted by atomic mass is 35.5. The van der Waals surface area contributed by atoms with Crippen LogP contribution in [0.15, 0.2) is 29.2 Å². The van der Waals surface area contributed by atoms with E-state index in [-0.39, 0.29) is 0 Å². The smallest absolute Gasteiger partial charge is 0.271 e. The van der Waals surface area contributed by atoms with Crippen molar-refractivity contribution >= 4 is 44.8 Å². The highest BCUT2D eigenvalue weighted by molar-refractivity contribution is 7.90. The molecular formula is C8H6Cl2N2O5S. The molecule has 0 bridgehead atoms. The van der Waals surface area contributed by atoms with Gasteiger partial charge in [-0.3, -0.25) is 14.9 Å². The molecule has 0 radical (unpaired) electrons. The quantitative estimate of drug-likeness (QED) is 0.511. The van der Waals surface area contributed by atoms with Gasteiger partial charge in [0.1, 0.15) is 0 Å². The Hall–Kier alpha value is -1.38. The van der Waals surface area contributed by atoms with E-state index in [9.17, 15) is 23.3 Å². The van der Waals surface area contributed by atoms with Crippen LogP contribution in [0.1, 0.15) is 0 Å². The van der Waals surface area contributed by atoms with E-state index in [1.165, 1.54) is 16.9 Å². The van der Waals surface area contributed by atoms with Gasteiger partial charge >= 0.3 is 0 Å². The van der Waals surface area contributed by atoms with Gasteiger partial charge < -0.3 is 0 Å². The van der Waals surface area contributed by atoms with Gasteiger partial charge in [0.05, 0.1) is 4.92 Å². The van der Waals surface area contributed by atoms with E-state index in [0.29, 0.717) is 0 Å². The first kappa shape index (κ1) is 14.7. The van der Waals surface area contributed by atoms with Gasteiger partial charge in [-0.25, -0.2) is 13.1 Å². The van der Waals surface area contributed by atoms with Gasteiger partial charge in [-0.1, -0.05) is 35.3 Å². The van der Waals surface area contributed by atoms with Crippen molar-refractivity contribution in [2.24, 2.45) is 0 Å². The summed E-state index contributed by atoms with van der Waals surface area (Å²) in [4.78, 5) is 18.6. The van der Waals surface area contributed by atoms with E-state index < -0.39 is 36.3 Å². The number of hydrogen-bond donors (Lipinski definition) is 1. The zero-order valence-corrected chi connectivity index (χ0v) is 10.9. The molecule has 18 heavy (non-hydrogen) atoms. The Kier molecular flexibility index (Phi) is 4.49. The lowest BCUT2D eigenvalue weighted by Crippen LogP contribution is -2.34. The predicted molar refractivity (Wildman–Crippen MR) is 63.9 cm³/mol. The molecule has 7 nitrogen and oxygen atoms in total. The van der Waals surface area contributed by atoms with E-state index in [0.717, 1.165) is 12.1 Å². The van der Waals surface area contributed by atoms with Crippen molar-refractivity contribution < 1.29 is 18.1 Å². The van der Waals surface area contributed by atoms with Crippen molar-refractivity contribution in [3.63, 3.8) is 0 Å². The molecule has 1 rings (SSSR count). The van der Waals surface area contributed by atoms with Gasteiger partial charge in [0.2, 0.25) is 0 Å². The van der Waals surface area contributed by atoms with Gasteiger partial charge in [0.25, 0.3) is 21.6 Å². The highest BCUT2D eigenvalue weighted by Crippen LogP contribution is 2.22. The standard InChI is InChI=1S/C8H6Cl2N2O5S/c9-7(10)8(13)11-18(16,17)6-4-2-1-3-5(6)12(14)15/h1-4,7H,(H,11,13). The van der Waals surface area contributed by atoms with E-state index in [2.05, 4.69) is 0 Å². The first-order valence-electron chi connectivity index (χ1n) is 4.34. The van der Waals surface area contributed by atoms with E-state index in [1.54, 1.807) is 0 Å². The average Bonchev–Trinajstić information content (AvgIpc) is 2.28. The SMILES string of the molecule is O=C(NS(=O)(=O)c1ccccc1[N+](=O)[O-])C(Cl)Cl. The Labute approximate surface area is 112 Å². The van der Waals surface area contributed by atoms with Gasteiger partial charge in [-0.05, 0) is 6.07 Å². The molecule has 0 fully saturated rings. The summed E-state index contributed by atoms with van der Waals surface area (Å²) in [5.41, 5.74) is -0.654. The molecule has 0 heterocycles. The minimum Gasteiger partial charge on any atom is -0.271 e. The third-order valence-electron chi connectivity index (χ3n) is 1.78. The Bertz CT molecular complexity index is 587. The Morgan fingerprint density at radius 3 is 2.39 bits per heavy atom. The van der Waals surface area contributed by atoms with Crippen molar-refractivity contribution in [3.8, 4) is 0 Å². The molecule has 0 atom stereocenters. The number of carbonyl (C=O) groups excluding carboxylic acids is 1. The van der Waals surface area contributed by atoms with Gasteiger partial charge in [-0.2, -0.15) is 0 Å². The maximum Gasteiger partial charge on any atom is 0.289 e. The molecular weight excluding hydrogens is 307 g/mol. The summed E-state index contributed by atoms with van der Waals surface area (Å²) >= 11 is 10.4. The molecule has 0 aliphatic heterocycles. The monoisotopic (exact) mass is 312 g/mol. The van der Waals surface area contributed by atoms with Crippen LogP contribution in [0, 0.1) is 10.1 Å². The number of alkyl halides is 2. The highest BCUT2D eigenvalue weighted by Gasteiger charge is 2.28. The zero-order valence-electron chi connectivity index (χ0n) is 8.54. The van der Waals surface area contributed by atoms with Gasteiger partial charge in [0.15, 0.2) is 9.73 Å². The summed E-state index contributed by atoms with van der Waals surface area (Å²) in [7, 11) is -4.39. The van der Waals surface area contributed by atoms with Crippen LogP contribution in [0.3, 0.4) is 0 Å². The number of nitrogens with zero attached hydrogens (tertiary/aromatic N) is 1. The number of nitro benzene ring substituents is 1. The topological polar surface area (TPSA) is 106 Å². The van der Waals surface area contributed by atoms with Crippen LogP contribution in [0.5, 0.6) is 0 Å². The third kappa shape index (κ3) is 3.31. The molecule has 0 spiro atoms. The molecule has 0 saturated heterocycles. The Morgan fingerprint density at radius 2 is 1.89 bits per heavy atom. The van der Waals surface area contributed by atoms with E-state index >= 15 is 0 Å². The lowest BCUT2D eigenvalue weighted by Gasteiger charge is -2.07. The lowest BCUT2D eigenvalue weighted by atomic mass is 10.3. The number of rotatable bonds is 4. The predicted octanol–water partition coefficient (Wildman–Crippen LogP) is 1.20. The van der Waals surface area contributed by atoms with Crippen molar-refractivity contribution in [2.45, 2.75) is 9.73 Å². The molecule has 0 aromatic heterocycles. The maximum atomic E-state index is 11.7. The van der Waals surface area contributed by atoms with Crippen LogP contribution in [-0.2, 0) is 14.8 Å². The largest absolute Gasteiger partial charge is 0.289 e. The molecule has 1 N–H and O–H groups in total. The first-order valence-corrected chi connectivity index (χ1v) is 6.69. The molecule has 98 valence electrons. The number of amides is 1. The normalized spacial score (nSPS) is 11.3. The average molecular weight is 313 g/mol. The number of halogens is 2. The minimum atomic E-state index is -4.39. The van der Waals surface area contributed by atoms with E-state index in [1.807, 2.05) is 0 Å². The number of para-hydroxylation sites is 1. The molecule has 10 heteroatoms. The molecule has 0 unspecified atom stereocenters. The number of hydrogen-bond acceptors (Lipinski definition) is 5. The summed E-state index contributed by atoms with van der Waals surface area (Å²) < 4.78 is 25.0. The Morgan fingerprint density at radius 1 is 1.33 bits per heavy atom. The number of sulfonamides is 1. The lowest BCUT2D eigenvalue weighted by molar-refractivity contribution is -0.387. The van der Waals surface area contributed by atoms with Crippen LogP contribution < -0.4 is 4.72 Å². The summed E-state index contributed by atoms with van der Waals surface area (Å²) in [5.74, 6) is -1.18. The Balaban J connectivity index is 3.21. The van der Waals surface area contributed by atoms with Crippen molar-refractivity contribution in [1.82, 2.24) is 4.72 Å². The summed E-state index contributed by atoms with van der Waals surface area (Å²) in [6.45, 7) is 0. The van der Waals surface area contributed by atoms with Gasteiger partial charge in [0, 0.05) is 6.07 Å². The zero-order chi connectivity index (χ0) is 13.9. The van der Waals surface area contributed by atoms with Crippen molar-refractivity contribution in [1.29, 1.82) is 0 Å². The second-order valence-electron chi connectivity index (χ2n) is 3.00. The summed E-state index contributed by atoms with van der Waals surface area (Å²) in [5, 5.41) is 10.7. The van der Waals surface area contributed by atoms with E-state index in [4.69, 9.17) is 23.2 Å². The third-order valence-corrected chi connectivity index (χ3v) is 3.58. The molecule has 1 amide bonds. The van der Waals surface area contributed by atoms with Crippen LogP contribution in [-0.4, -0.2) is 24.1 Å². The van der Waals surface area contributed by atoms with Crippen molar-refractivity contribution in [3.05, 3.63) is 34.4 Å². The van der Waals surface area contributed by atoms with Crippen molar-refractivity contribution in [2.75, 3.05) is 0 Å². The molecule has 1 aromatic carbocycles. The second-order valence-corrected chi connectivity index (χ2v) is 5.74. The molecule has 0 aliphatic carbocycles. The fourth-order valence-electron chi connectivity index (χ4n) is 1.07. The number of carbonyl (C=O) groups is 1. The van der Waals surface area contributed by atoms with Crippen LogP contribution in [0.25, 0.3) is 0 Å². The second kappa shape index (κ2) is 5.51. The summed E-state index contributed by atoms with van der Waals surface area (Å²) in [6.07, 6.45) is 0. The fourth-order valence-corrected chi connectivity index (χ4v) is 2.47. The molecule has 0 saturated carbocycles. The van der Waals surface area contributed by atoms with Gasteiger partial charge in [-0.15, -0.1) is 0 Å².